The van der Waals surface area contributed by atoms with Crippen molar-refractivity contribution in [2.24, 2.45) is 29.6 Å². The predicted octanol–water partition coefficient (Wildman–Crippen LogP) is 2.23. The lowest BCUT2D eigenvalue weighted by Crippen LogP contribution is -2.47. The summed E-state index contributed by atoms with van der Waals surface area (Å²) >= 11 is 0. The van der Waals surface area contributed by atoms with Crippen molar-refractivity contribution >= 4 is 17.3 Å². The lowest BCUT2D eigenvalue weighted by Gasteiger charge is -2.35. The fourth-order valence-electron chi connectivity index (χ4n) is 5.96. The Morgan fingerprint density at radius 2 is 2.00 bits per heavy atom. The molecule has 0 spiro atoms. The molecule has 1 saturated heterocycles. The highest BCUT2D eigenvalue weighted by Crippen LogP contribution is 2.78. The van der Waals surface area contributed by atoms with Gasteiger partial charge in [-0.15, -0.1) is 0 Å². The summed E-state index contributed by atoms with van der Waals surface area (Å²) in [5.74, 6) is 3.13. The monoisotopic (exact) mass is 314 g/mol. The molecule has 4 aliphatic carbocycles. The summed E-state index contributed by atoms with van der Waals surface area (Å²) in [6.45, 7) is 2.23. The van der Waals surface area contributed by atoms with E-state index in [4.69, 9.17) is 4.74 Å². The van der Waals surface area contributed by atoms with Crippen LogP contribution in [0.2, 0.25) is 0 Å². The molecule has 2 unspecified atom stereocenters. The van der Waals surface area contributed by atoms with Gasteiger partial charge in [-0.3, -0.25) is 10.1 Å². The summed E-state index contributed by atoms with van der Waals surface area (Å²) in [5, 5.41) is 10.9. The number of piperidine rings is 1. The number of carbonyl (C=O) groups excluding carboxylic acids is 1. The van der Waals surface area contributed by atoms with E-state index < -0.39 is 4.92 Å². The maximum Gasteiger partial charge on any atom is 0.329 e. The van der Waals surface area contributed by atoms with Crippen molar-refractivity contribution in [2.45, 2.75) is 25.4 Å². The average Bonchev–Trinajstić information content (AvgIpc) is 2.89. The molecule has 0 aromatic heterocycles. The molecular weight excluding hydrogens is 296 g/mol. The zero-order valence-corrected chi connectivity index (χ0v) is 12.8. The number of non-ortho nitro benzene ring substituents is 1. The average molecular weight is 314 g/mol. The Labute approximate surface area is 133 Å². The smallest absolute Gasteiger partial charge is 0.329 e. The molecule has 120 valence electrons. The number of nitrogens with zero attached hydrogens (tertiary/aromatic N) is 2. The van der Waals surface area contributed by atoms with Crippen LogP contribution in [0.25, 0.3) is 0 Å². The molecule has 0 amide bonds. The summed E-state index contributed by atoms with van der Waals surface area (Å²) in [6, 6.07) is 6.82. The number of hydrogen-bond donors (Lipinski definition) is 0. The van der Waals surface area contributed by atoms with Gasteiger partial charge in [0.05, 0.1) is 11.5 Å². The van der Waals surface area contributed by atoms with E-state index in [9.17, 15) is 14.9 Å². The number of anilines is 1. The standard InChI is InChI=1S/C17H18N2O4/c1-2-23-17(20)16-14-11-7-10-12(14)13(10)15(11)18(16)8-3-5-9(6-4-8)19(21)22/h3-6,10-16H,2,7H2,1H3/t10-,11+,12?,13?,14+,15-,16-/m0/s1. The summed E-state index contributed by atoms with van der Waals surface area (Å²) in [4.78, 5) is 25.2. The second kappa shape index (κ2) is 4.24. The Morgan fingerprint density at radius 1 is 1.26 bits per heavy atom. The molecule has 6 rings (SSSR count). The summed E-state index contributed by atoms with van der Waals surface area (Å²) in [7, 11) is 0. The minimum absolute atomic E-state index is 0.0828. The molecule has 0 N–H and O–H groups in total. The van der Waals surface area contributed by atoms with E-state index in [1.807, 2.05) is 6.92 Å². The highest BCUT2D eigenvalue weighted by Gasteiger charge is 2.81. The lowest BCUT2D eigenvalue weighted by atomic mass is 9.93. The van der Waals surface area contributed by atoms with E-state index in [1.165, 1.54) is 18.6 Å². The van der Waals surface area contributed by atoms with Crippen LogP contribution in [0.1, 0.15) is 13.3 Å². The molecular formula is C17H18N2O4. The number of nitro groups is 1. The molecule has 1 aromatic rings. The molecule has 5 fully saturated rings. The van der Waals surface area contributed by atoms with Gasteiger partial charge in [0.2, 0.25) is 0 Å². The number of nitro benzene ring substituents is 1. The van der Waals surface area contributed by atoms with Crippen LogP contribution in [0.4, 0.5) is 11.4 Å². The number of hydrogen-bond acceptors (Lipinski definition) is 5. The van der Waals surface area contributed by atoms with Gasteiger partial charge in [0.15, 0.2) is 0 Å². The van der Waals surface area contributed by atoms with Crippen molar-refractivity contribution in [2.75, 3.05) is 11.5 Å². The first kappa shape index (κ1) is 13.3. The van der Waals surface area contributed by atoms with Crippen molar-refractivity contribution in [3.63, 3.8) is 0 Å². The minimum atomic E-state index is -0.392. The first-order valence-corrected chi connectivity index (χ1v) is 8.33. The van der Waals surface area contributed by atoms with Crippen molar-refractivity contribution in [3.05, 3.63) is 34.4 Å². The van der Waals surface area contributed by atoms with Gasteiger partial charge in [-0.1, -0.05) is 0 Å². The highest BCUT2D eigenvalue weighted by molar-refractivity contribution is 5.83. The summed E-state index contributed by atoms with van der Waals surface area (Å²) < 4.78 is 5.34. The van der Waals surface area contributed by atoms with Crippen molar-refractivity contribution < 1.29 is 14.5 Å². The van der Waals surface area contributed by atoms with E-state index in [2.05, 4.69) is 4.90 Å². The van der Waals surface area contributed by atoms with Gasteiger partial charge in [0, 0.05) is 23.9 Å². The van der Waals surface area contributed by atoms with E-state index in [0.29, 0.717) is 30.4 Å². The van der Waals surface area contributed by atoms with Crippen LogP contribution >= 0.6 is 0 Å². The van der Waals surface area contributed by atoms with Gasteiger partial charge in [0.1, 0.15) is 6.04 Å². The topological polar surface area (TPSA) is 72.7 Å². The van der Waals surface area contributed by atoms with E-state index >= 15 is 0 Å². The summed E-state index contributed by atoms with van der Waals surface area (Å²) in [6.07, 6.45) is 1.24. The normalized spacial score (nSPS) is 41.3. The van der Waals surface area contributed by atoms with Crippen LogP contribution in [0.3, 0.4) is 0 Å². The van der Waals surface area contributed by atoms with Crippen molar-refractivity contribution in [1.29, 1.82) is 0 Å². The number of rotatable bonds is 4. The van der Waals surface area contributed by atoms with Gasteiger partial charge in [-0.2, -0.15) is 0 Å². The predicted molar refractivity (Wildman–Crippen MR) is 81.9 cm³/mol. The van der Waals surface area contributed by atoms with Gasteiger partial charge < -0.3 is 9.64 Å². The molecule has 1 aromatic carbocycles. The first-order chi connectivity index (χ1) is 11.1. The molecule has 5 aliphatic rings. The third-order valence-electron chi connectivity index (χ3n) is 6.48. The fourth-order valence-corrected chi connectivity index (χ4v) is 5.96. The Bertz CT molecular complexity index is 703. The second-order valence-electron chi connectivity index (χ2n) is 7.16. The van der Waals surface area contributed by atoms with Gasteiger partial charge in [-0.05, 0) is 55.1 Å². The molecule has 6 nitrogen and oxygen atoms in total. The molecule has 23 heavy (non-hydrogen) atoms. The highest BCUT2D eigenvalue weighted by atomic mass is 16.6. The molecule has 1 aliphatic heterocycles. The SMILES string of the molecule is CCOC(=O)[C@@H]1[C@H]2C3C4[C@H]3C[C@H]2[C@@H]4N1c1ccc([N+](=O)[O-])cc1. The summed E-state index contributed by atoms with van der Waals surface area (Å²) in [5.41, 5.74) is 0.997. The van der Waals surface area contributed by atoms with E-state index in [-0.39, 0.29) is 17.7 Å². The lowest BCUT2D eigenvalue weighted by molar-refractivity contribution is -0.384. The Morgan fingerprint density at radius 3 is 2.61 bits per heavy atom. The molecule has 1 heterocycles. The van der Waals surface area contributed by atoms with Crippen LogP contribution in [0, 0.1) is 39.7 Å². The maximum absolute atomic E-state index is 12.6. The molecule has 0 radical (unpaired) electrons. The fraction of sp³-hybridized carbons (Fsp3) is 0.588. The van der Waals surface area contributed by atoms with Crippen molar-refractivity contribution in [1.82, 2.24) is 0 Å². The first-order valence-electron chi connectivity index (χ1n) is 8.33. The van der Waals surface area contributed by atoms with Gasteiger partial charge in [-0.25, -0.2) is 4.79 Å². The maximum atomic E-state index is 12.6. The zero-order chi connectivity index (χ0) is 15.9. The van der Waals surface area contributed by atoms with Gasteiger partial charge in [0.25, 0.3) is 5.69 Å². The molecule has 4 saturated carbocycles. The van der Waals surface area contributed by atoms with E-state index in [1.54, 1.807) is 12.1 Å². The Kier molecular flexibility index (Phi) is 2.46. The number of esters is 1. The Hall–Kier alpha value is -2.11. The van der Waals surface area contributed by atoms with E-state index in [0.717, 1.165) is 17.5 Å². The molecule has 6 bridgehead atoms. The van der Waals surface area contributed by atoms with Crippen molar-refractivity contribution in [3.8, 4) is 0 Å². The van der Waals surface area contributed by atoms with Crippen LogP contribution in [0.15, 0.2) is 24.3 Å². The molecule has 6 heteroatoms. The quantitative estimate of drug-likeness (QED) is 0.484. The van der Waals surface area contributed by atoms with Crippen LogP contribution in [-0.4, -0.2) is 29.6 Å². The third-order valence-corrected chi connectivity index (χ3v) is 6.48. The minimum Gasteiger partial charge on any atom is -0.464 e. The van der Waals surface area contributed by atoms with Crippen LogP contribution in [-0.2, 0) is 9.53 Å². The largest absolute Gasteiger partial charge is 0.464 e. The second-order valence-corrected chi connectivity index (χ2v) is 7.16. The van der Waals surface area contributed by atoms with Gasteiger partial charge >= 0.3 is 5.97 Å². The molecule has 7 atom stereocenters. The van der Waals surface area contributed by atoms with Crippen LogP contribution < -0.4 is 4.90 Å². The zero-order valence-electron chi connectivity index (χ0n) is 12.8. The number of ether oxygens (including phenoxy) is 1. The Balaban J connectivity index is 1.52. The number of carbonyl (C=O) groups is 1. The van der Waals surface area contributed by atoms with Crippen LogP contribution in [0.5, 0.6) is 0 Å². The third kappa shape index (κ3) is 1.51. The number of benzene rings is 1.